The number of fused-ring (bicyclic) bond motifs is 3. The first kappa shape index (κ1) is 12.8. The van der Waals surface area contributed by atoms with Gasteiger partial charge in [0.1, 0.15) is 0 Å². The van der Waals surface area contributed by atoms with Crippen molar-refractivity contribution in [2.24, 2.45) is 5.92 Å². The highest BCUT2D eigenvalue weighted by molar-refractivity contribution is 5.52. The van der Waals surface area contributed by atoms with Crippen LogP contribution in [0.15, 0.2) is 12.1 Å². The molecule has 0 amide bonds. The molecule has 3 heteroatoms. The fourth-order valence-electron chi connectivity index (χ4n) is 4.15. The van der Waals surface area contributed by atoms with E-state index in [9.17, 15) is 10.2 Å². The van der Waals surface area contributed by atoms with Gasteiger partial charge in [0, 0.05) is 24.1 Å². The Morgan fingerprint density at radius 1 is 1.32 bits per heavy atom. The maximum atomic E-state index is 10.1. The molecule has 0 bridgehead atoms. The summed E-state index contributed by atoms with van der Waals surface area (Å²) in [5, 5.41) is 19.7. The third-order valence-corrected chi connectivity index (χ3v) is 4.88. The summed E-state index contributed by atoms with van der Waals surface area (Å²) in [6, 6.07) is 4.28. The highest BCUT2D eigenvalue weighted by atomic mass is 16.3. The van der Waals surface area contributed by atoms with Gasteiger partial charge in [-0.25, -0.2) is 0 Å². The standard InChI is InChI=1S/C16H23NO2/c1-3-8-17-9-10(2)15-11-5-7-14(18)16(19)12(11)4-6-13(15)17/h5,7,10,13,15,18-19H,3-4,6,8-9H2,1-2H3/t10-,13-,15+/m1/s1. The molecular weight excluding hydrogens is 238 g/mol. The van der Waals surface area contributed by atoms with Crippen LogP contribution >= 0.6 is 0 Å². The van der Waals surface area contributed by atoms with Crippen molar-refractivity contribution in [2.75, 3.05) is 13.1 Å². The zero-order chi connectivity index (χ0) is 13.6. The van der Waals surface area contributed by atoms with E-state index in [4.69, 9.17) is 0 Å². The fourth-order valence-corrected chi connectivity index (χ4v) is 4.15. The van der Waals surface area contributed by atoms with Gasteiger partial charge in [-0.3, -0.25) is 4.90 Å². The van der Waals surface area contributed by atoms with Crippen molar-refractivity contribution in [1.29, 1.82) is 0 Å². The van der Waals surface area contributed by atoms with Crippen LogP contribution in [0.4, 0.5) is 0 Å². The number of phenols is 2. The Kier molecular flexibility index (Phi) is 3.17. The molecule has 0 aromatic heterocycles. The van der Waals surface area contributed by atoms with E-state index in [0.717, 1.165) is 24.9 Å². The molecular formula is C16H23NO2. The second-order valence-corrected chi connectivity index (χ2v) is 6.11. The molecule has 0 saturated carbocycles. The van der Waals surface area contributed by atoms with E-state index in [1.807, 2.05) is 6.07 Å². The summed E-state index contributed by atoms with van der Waals surface area (Å²) in [5.41, 5.74) is 2.24. The molecule has 3 nitrogen and oxygen atoms in total. The Morgan fingerprint density at radius 2 is 2.11 bits per heavy atom. The molecule has 1 aromatic rings. The van der Waals surface area contributed by atoms with E-state index in [1.54, 1.807) is 6.07 Å². The topological polar surface area (TPSA) is 43.7 Å². The van der Waals surface area contributed by atoms with Gasteiger partial charge in [0.25, 0.3) is 0 Å². The van der Waals surface area contributed by atoms with Crippen molar-refractivity contribution in [3.8, 4) is 11.5 Å². The van der Waals surface area contributed by atoms with Crippen LogP contribution in [0, 0.1) is 5.92 Å². The lowest BCUT2D eigenvalue weighted by Gasteiger charge is -2.34. The second kappa shape index (κ2) is 4.71. The average Bonchev–Trinajstić information content (AvgIpc) is 2.71. The molecule has 3 rings (SSSR count). The van der Waals surface area contributed by atoms with Crippen LogP contribution in [0.2, 0.25) is 0 Å². The maximum absolute atomic E-state index is 10.1. The summed E-state index contributed by atoms with van der Waals surface area (Å²) in [6.45, 7) is 6.88. The van der Waals surface area contributed by atoms with Crippen molar-refractivity contribution in [3.63, 3.8) is 0 Å². The lowest BCUT2D eigenvalue weighted by molar-refractivity contribution is 0.226. The highest BCUT2D eigenvalue weighted by Gasteiger charge is 2.43. The number of phenolic OH excluding ortho intramolecular Hbond substituents is 2. The van der Waals surface area contributed by atoms with Gasteiger partial charge in [-0.1, -0.05) is 19.9 Å². The summed E-state index contributed by atoms with van der Waals surface area (Å²) in [6.07, 6.45) is 3.17. The summed E-state index contributed by atoms with van der Waals surface area (Å²) in [7, 11) is 0. The van der Waals surface area contributed by atoms with Gasteiger partial charge in [0.2, 0.25) is 0 Å². The maximum Gasteiger partial charge on any atom is 0.160 e. The number of hydrogen-bond acceptors (Lipinski definition) is 3. The predicted octanol–water partition coefficient (Wildman–Crippen LogP) is 2.86. The Hall–Kier alpha value is -1.22. The van der Waals surface area contributed by atoms with E-state index >= 15 is 0 Å². The molecule has 1 fully saturated rings. The zero-order valence-corrected chi connectivity index (χ0v) is 11.8. The number of benzene rings is 1. The highest BCUT2D eigenvalue weighted by Crippen LogP contribution is 2.48. The minimum absolute atomic E-state index is 0.0215. The third-order valence-electron chi connectivity index (χ3n) is 4.88. The normalized spacial score (nSPS) is 30.1. The van der Waals surface area contributed by atoms with E-state index in [-0.39, 0.29) is 11.5 Å². The van der Waals surface area contributed by atoms with E-state index in [0.29, 0.717) is 17.9 Å². The monoisotopic (exact) mass is 261 g/mol. The molecule has 3 atom stereocenters. The van der Waals surface area contributed by atoms with Crippen LogP contribution in [0.3, 0.4) is 0 Å². The van der Waals surface area contributed by atoms with Crippen LogP contribution in [0.25, 0.3) is 0 Å². The summed E-state index contributed by atoms with van der Waals surface area (Å²) >= 11 is 0. The van der Waals surface area contributed by atoms with E-state index in [1.165, 1.54) is 18.5 Å². The minimum atomic E-state index is 0.0215. The van der Waals surface area contributed by atoms with Crippen LogP contribution < -0.4 is 0 Å². The first-order valence-electron chi connectivity index (χ1n) is 7.41. The number of aromatic hydroxyl groups is 2. The molecule has 0 unspecified atom stereocenters. The lowest BCUT2D eigenvalue weighted by Crippen LogP contribution is -2.35. The average molecular weight is 261 g/mol. The largest absolute Gasteiger partial charge is 0.504 e. The Balaban J connectivity index is 1.99. The summed E-state index contributed by atoms with van der Waals surface area (Å²) in [4.78, 5) is 2.61. The van der Waals surface area contributed by atoms with E-state index < -0.39 is 0 Å². The van der Waals surface area contributed by atoms with Crippen molar-refractivity contribution < 1.29 is 10.2 Å². The predicted molar refractivity (Wildman–Crippen MR) is 75.6 cm³/mol. The first-order chi connectivity index (χ1) is 9.13. The second-order valence-electron chi connectivity index (χ2n) is 6.11. The van der Waals surface area contributed by atoms with Gasteiger partial charge in [-0.05, 0) is 43.4 Å². The molecule has 1 aromatic carbocycles. The first-order valence-corrected chi connectivity index (χ1v) is 7.41. The quantitative estimate of drug-likeness (QED) is 0.805. The Bertz CT molecular complexity index is 486. The molecule has 104 valence electrons. The number of rotatable bonds is 2. The van der Waals surface area contributed by atoms with Crippen LogP contribution in [0.5, 0.6) is 11.5 Å². The van der Waals surface area contributed by atoms with Crippen molar-refractivity contribution >= 4 is 0 Å². The Labute approximate surface area is 114 Å². The molecule has 0 spiro atoms. The molecule has 1 aliphatic heterocycles. The molecule has 1 heterocycles. The molecule has 2 aliphatic rings. The fraction of sp³-hybridized carbons (Fsp3) is 0.625. The van der Waals surface area contributed by atoms with Gasteiger partial charge >= 0.3 is 0 Å². The van der Waals surface area contributed by atoms with Gasteiger partial charge in [-0.2, -0.15) is 0 Å². The van der Waals surface area contributed by atoms with Crippen LogP contribution in [0.1, 0.15) is 43.7 Å². The third kappa shape index (κ3) is 1.91. The van der Waals surface area contributed by atoms with Gasteiger partial charge in [0.05, 0.1) is 0 Å². The van der Waals surface area contributed by atoms with Gasteiger partial charge in [-0.15, -0.1) is 0 Å². The molecule has 0 radical (unpaired) electrons. The van der Waals surface area contributed by atoms with Crippen molar-refractivity contribution in [2.45, 2.75) is 45.1 Å². The van der Waals surface area contributed by atoms with Crippen LogP contribution in [-0.4, -0.2) is 34.2 Å². The van der Waals surface area contributed by atoms with Crippen molar-refractivity contribution in [3.05, 3.63) is 23.3 Å². The Morgan fingerprint density at radius 3 is 2.84 bits per heavy atom. The van der Waals surface area contributed by atoms with Crippen molar-refractivity contribution in [1.82, 2.24) is 4.90 Å². The summed E-state index contributed by atoms with van der Waals surface area (Å²) < 4.78 is 0. The lowest BCUT2D eigenvalue weighted by atomic mass is 9.75. The van der Waals surface area contributed by atoms with Gasteiger partial charge < -0.3 is 10.2 Å². The molecule has 19 heavy (non-hydrogen) atoms. The van der Waals surface area contributed by atoms with Gasteiger partial charge in [0.15, 0.2) is 11.5 Å². The minimum Gasteiger partial charge on any atom is -0.504 e. The zero-order valence-electron chi connectivity index (χ0n) is 11.8. The summed E-state index contributed by atoms with van der Waals surface area (Å²) in [5.74, 6) is 1.27. The number of likely N-dealkylation sites (tertiary alicyclic amines) is 1. The number of nitrogens with zero attached hydrogens (tertiary/aromatic N) is 1. The van der Waals surface area contributed by atoms with Crippen LogP contribution in [-0.2, 0) is 6.42 Å². The SMILES string of the molecule is CCCN1C[C@@H](C)[C@H]2c3ccc(O)c(O)c3CC[C@H]21. The number of hydrogen-bond donors (Lipinski definition) is 2. The van der Waals surface area contributed by atoms with E-state index in [2.05, 4.69) is 18.7 Å². The smallest absolute Gasteiger partial charge is 0.160 e. The molecule has 1 aliphatic carbocycles. The molecule has 1 saturated heterocycles. The molecule has 2 N–H and O–H groups in total.